The molecule has 0 aromatic heterocycles. The molecule has 0 heterocycles. The van der Waals surface area contributed by atoms with E-state index in [1.165, 1.54) is 5.57 Å². The maximum atomic E-state index is 13.0. The number of alkyl halides is 1. The number of hydrogen-bond donors (Lipinski definition) is 0. The predicted molar refractivity (Wildman–Crippen MR) is 91.2 cm³/mol. The first-order chi connectivity index (χ1) is 11.4. The van der Waals surface area contributed by atoms with Crippen molar-refractivity contribution in [1.82, 2.24) is 0 Å². The van der Waals surface area contributed by atoms with Crippen molar-refractivity contribution in [2.24, 2.45) is 34.5 Å². The fraction of sp³-hybridized carbons (Fsp3) is 0.810. The molecule has 4 rings (SSSR count). The summed E-state index contributed by atoms with van der Waals surface area (Å²) in [5, 5.41) is 0. The highest BCUT2D eigenvalue weighted by Gasteiger charge is 2.59. The smallest absolute Gasteiger partial charge is 0.167 e. The quantitative estimate of drug-likeness (QED) is 0.736. The van der Waals surface area contributed by atoms with Gasteiger partial charge in [-0.15, -0.1) is 0 Å². The summed E-state index contributed by atoms with van der Waals surface area (Å²) in [7, 11) is 0. The van der Waals surface area contributed by atoms with Crippen LogP contribution >= 0.6 is 0 Å². The van der Waals surface area contributed by atoms with Crippen LogP contribution in [-0.2, 0) is 9.59 Å². The van der Waals surface area contributed by atoms with Crippen LogP contribution in [0.25, 0.3) is 0 Å². The maximum Gasteiger partial charge on any atom is 0.167 e. The summed E-state index contributed by atoms with van der Waals surface area (Å²) in [6.07, 6.45) is 9.96. The summed E-state index contributed by atoms with van der Waals surface area (Å²) in [5.41, 5.74) is 1.57. The molecule has 2 nitrogen and oxygen atoms in total. The lowest BCUT2D eigenvalue weighted by Crippen LogP contribution is -2.51. The summed E-state index contributed by atoms with van der Waals surface area (Å²) < 4.78 is 13.0. The Morgan fingerprint density at radius 2 is 1.92 bits per heavy atom. The molecule has 3 heteroatoms. The van der Waals surface area contributed by atoms with Crippen molar-refractivity contribution in [2.75, 3.05) is 6.67 Å². The lowest BCUT2D eigenvalue weighted by molar-refractivity contribution is -0.131. The van der Waals surface area contributed by atoms with Gasteiger partial charge in [0, 0.05) is 12.3 Å². The van der Waals surface area contributed by atoms with E-state index in [2.05, 4.69) is 13.8 Å². The number of allylic oxidation sites excluding steroid dienone is 1. The Bertz CT molecular complexity index is 609. The number of Topliss-reactive ketones (excluding diaryl/α,β-unsaturated/α-hetero) is 1. The molecule has 0 N–H and O–H groups in total. The third-order valence-electron chi connectivity index (χ3n) is 8.48. The third kappa shape index (κ3) is 2.12. The van der Waals surface area contributed by atoms with Crippen molar-refractivity contribution in [1.29, 1.82) is 0 Å². The molecule has 0 aliphatic heterocycles. The van der Waals surface area contributed by atoms with Crippen LogP contribution in [-0.4, -0.2) is 18.2 Å². The number of carbonyl (C=O) groups is 2. The Labute approximate surface area is 144 Å². The van der Waals surface area contributed by atoms with Gasteiger partial charge in [-0.1, -0.05) is 19.4 Å². The Balaban J connectivity index is 1.65. The Hall–Kier alpha value is -0.990. The van der Waals surface area contributed by atoms with Crippen molar-refractivity contribution in [2.45, 2.75) is 65.2 Å². The van der Waals surface area contributed by atoms with Gasteiger partial charge < -0.3 is 0 Å². The first-order valence-electron chi connectivity index (χ1n) is 9.72. The van der Waals surface area contributed by atoms with Crippen LogP contribution in [0.4, 0.5) is 4.39 Å². The van der Waals surface area contributed by atoms with E-state index >= 15 is 0 Å². The third-order valence-corrected chi connectivity index (χ3v) is 8.48. The highest BCUT2D eigenvalue weighted by molar-refractivity contribution is 5.91. The summed E-state index contributed by atoms with van der Waals surface area (Å²) in [5.74, 6) is 1.93. The zero-order chi connectivity index (χ0) is 17.1. The summed E-state index contributed by atoms with van der Waals surface area (Å²) in [6.45, 7) is 3.84. The zero-order valence-corrected chi connectivity index (χ0v) is 14.9. The Morgan fingerprint density at radius 1 is 1.12 bits per heavy atom. The lowest BCUT2D eigenvalue weighted by atomic mass is 9.46. The van der Waals surface area contributed by atoms with Gasteiger partial charge in [-0.05, 0) is 79.6 Å². The molecule has 0 bridgehead atoms. The summed E-state index contributed by atoms with van der Waals surface area (Å²) in [6, 6.07) is 0. The van der Waals surface area contributed by atoms with Gasteiger partial charge >= 0.3 is 0 Å². The van der Waals surface area contributed by atoms with E-state index in [9.17, 15) is 14.0 Å². The van der Waals surface area contributed by atoms with E-state index in [1.807, 2.05) is 6.08 Å². The van der Waals surface area contributed by atoms with E-state index in [0.29, 0.717) is 30.0 Å². The average molecular weight is 331 g/mol. The number of fused-ring (bicyclic) bond motifs is 5. The topological polar surface area (TPSA) is 34.1 Å². The largest absolute Gasteiger partial charge is 0.296 e. The Kier molecular flexibility index (Phi) is 3.78. The van der Waals surface area contributed by atoms with Gasteiger partial charge in [0.05, 0.1) is 0 Å². The zero-order valence-electron chi connectivity index (χ0n) is 14.9. The molecule has 4 unspecified atom stereocenters. The highest BCUT2D eigenvalue weighted by Crippen LogP contribution is 2.66. The monoisotopic (exact) mass is 331 g/mol. The molecule has 0 radical (unpaired) electrons. The first kappa shape index (κ1) is 16.5. The number of halogens is 1. The standard InChI is InChI=1S/C21H29FO2/c1-20-9-7-14(23)11-13(20)3-4-15-16-5-6-18(19(24)12-22)21(16,2)10-8-17(15)20/h11,15-18H,3-10,12H2,1-2H3/t15?,16?,17?,18?,20-,21-/m0/s1/i22-1. The van der Waals surface area contributed by atoms with Crippen LogP contribution in [0.15, 0.2) is 11.6 Å². The highest BCUT2D eigenvalue weighted by atomic mass is 18.2. The molecular formula is C21H29FO2. The van der Waals surface area contributed by atoms with Crippen molar-refractivity contribution < 1.29 is 14.0 Å². The molecule has 4 aliphatic rings. The minimum absolute atomic E-state index is 0.00635. The molecule has 3 saturated carbocycles. The Morgan fingerprint density at radius 3 is 2.67 bits per heavy atom. The molecule has 0 amide bonds. The molecule has 24 heavy (non-hydrogen) atoms. The van der Waals surface area contributed by atoms with Crippen molar-refractivity contribution in [3.63, 3.8) is 0 Å². The molecule has 0 aromatic rings. The number of carbonyl (C=O) groups excluding carboxylic acids is 2. The summed E-state index contributed by atoms with van der Waals surface area (Å²) in [4.78, 5) is 24.0. The normalized spacial score (nSPS) is 47.5. The van der Waals surface area contributed by atoms with Gasteiger partial charge in [0.25, 0.3) is 0 Å². The van der Waals surface area contributed by atoms with E-state index < -0.39 is 6.67 Å². The average Bonchev–Trinajstić information content (AvgIpc) is 2.92. The molecule has 0 saturated heterocycles. The van der Waals surface area contributed by atoms with Crippen molar-refractivity contribution in [3.8, 4) is 0 Å². The van der Waals surface area contributed by atoms with Gasteiger partial charge in [-0.2, -0.15) is 0 Å². The predicted octanol–water partition coefficient (Wildman–Crippen LogP) is 4.67. The second-order valence-corrected chi connectivity index (χ2v) is 9.24. The van der Waals surface area contributed by atoms with Crippen LogP contribution < -0.4 is 0 Å². The van der Waals surface area contributed by atoms with Gasteiger partial charge in [0.15, 0.2) is 11.6 Å². The second-order valence-electron chi connectivity index (χ2n) is 9.24. The van der Waals surface area contributed by atoms with Gasteiger partial charge in [-0.3, -0.25) is 9.59 Å². The fourth-order valence-corrected chi connectivity index (χ4v) is 7.18. The summed E-state index contributed by atoms with van der Waals surface area (Å²) >= 11 is 0. The van der Waals surface area contributed by atoms with Crippen LogP contribution in [0.1, 0.15) is 65.2 Å². The molecule has 4 aliphatic carbocycles. The fourth-order valence-electron chi connectivity index (χ4n) is 7.18. The molecule has 6 atom stereocenters. The molecular weight excluding hydrogens is 302 g/mol. The lowest BCUT2D eigenvalue weighted by Gasteiger charge is -2.58. The van der Waals surface area contributed by atoms with Crippen LogP contribution in [0.5, 0.6) is 0 Å². The first-order valence-corrected chi connectivity index (χ1v) is 9.72. The van der Waals surface area contributed by atoms with Crippen molar-refractivity contribution in [3.05, 3.63) is 11.6 Å². The van der Waals surface area contributed by atoms with E-state index in [-0.39, 0.29) is 22.5 Å². The molecule has 0 spiro atoms. The molecule has 0 aromatic carbocycles. The molecule has 132 valence electrons. The van der Waals surface area contributed by atoms with E-state index in [0.717, 1.165) is 44.9 Å². The van der Waals surface area contributed by atoms with Crippen LogP contribution in [0.3, 0.4) is 0 Å². The van der Waals surface area contributed by atoms with Crippen LogP contribution in [0, 0.1) is 34.5 Å². The van der Waals surface area contributed by atoms with Gasteiger partial charge in [0.1, 0.15) is 6.67 Å². The second kappa shape index (κ2) is 5.51. The van der Waals surface area contributed by atoms with Gasteiger partial charge in [-0.25, -0.2) is 4.39 Å². The maximum absolute atomic E-state index is 13.0. The minimum Gasteiger partial charge on any atom is -0.296 e. The number of hydrogen-bond acceptors (Lipinski definition) is 2. The molecule has 3 fully saturated rings. The van der Waals surface area contributed by atoms with Crippen molar-refractivity contribution >= 4 is 11.6 Å². The number of rotatable bonds is 2. The van der Waals surface area contributed by atoms with E-state index in [1.54, 1.807) is 0 Å². The van der Waals surface area contributed by atoms with Crippen LogP contribution in [0.2, 0.25) is 0 Å². The number of ketones is 2. The SMILES string of the molecule is C[C@]12CCC3C(CCC4=CC(=O)CC[C@@]43C)C1CCC2C(=O)C[18F]. The minimum atomic E-state index is -0.798. The van der Waals surface area contributed by atoms with E-state index in [4.69, 9.17) is 0 Å². The van der Waals surface area contributed by atoms with Gasteiger partial charge in [0.2, 0.25) is 0 Å².